The van der Waals surface area contributed by atoms with Crippen molar-refractivity contribution in [2.75, 3.05) is 11.5 Å². The van der Waals surface area contributed by atoms with Crippen LogP contribution in [0.4, 0.5) is 5.69 Å². The number of ether oxygens (including phenoxy) is 1. The number of hydrogen-bond acceptors (Lipinski definition) is 5. The third-order valence-electron chi connectivity index (χ3n) is 6.16. The molecule has 1 fully saturated rings. The number of nitrogens with zero attached hydrogens (tertiary/aromatic N) is 3. The summed E-state index contributed by atoms with van der Waals surface area (Å²) in [6.07, 6.45) is 3.97. The Hall–Kier alpha value is -2.87. The van der Waals surface area contributed by atoms with Gasteiger partial charge in [0.15, 0.2) is 5.69 Å². The van der Waals surface area contributed by atoms with Crippen LogP contribution in [-0.2, 0) is 16.1 Å². The number of hydrogen-bond donors (Lipinski definition) is 1. The molecule has 1 aromatic heterocycles. The van der Waals surface area contributed by atoms with Gasteiger partial charge in [0.1, 0.15) is 11.2 Å². The van der Waals surface area contributed by atoms with E-state index in [0.717, 1.165) is 31.2 Å². The Labute approximate surface area is 191 Å². The largest absolute Gasteiger partial charge is 0.461 e. The third kappa shape index (κ3) is 3.88. The Morgan fingerprint density at radius 2 is 2.00 bits per heavy atom. The van der Waals surface area contributed by atoms with Gasteiger partial charge in [-0.1, -0.05) is 30.5 Å². The number of fused-ring (bicyclic) bond motifs is 1. The van der Waals surface area contributed by atoms with Crippen molar-refractivity contribution in [1.29, 1.82) is 0 Å². The van der Waals surface area contributed by atoms with E-state index in [1.165, 1.54) is 15.6 Å². The number of amides is 2. The van der Waals surface area contributed by atoms with Gasteiger partial charge in [-0.2, -0.15) is 5.10 Å². The highest BCUT2D eigenvalue weighted by atomic mass is 35.5. The lowest BCUT2D eigenvalue weighted by atomic mass is 9.93. The minimum atomic E-state index is -1.29. The Morgan fingerprint density at radius 3 is 2.66 bits per heavy atom. The number of nitrogens with one attached hydrogen (secondary N) is 1. The molecular weight excluding hydrogens is 432 g/mol. The maximum absolute atomic E-state index is 13.7. The van der Waals surface area contributed by atoms with E-state index in [9.17, 15) is 14.4 Å². The fraction of sp³-hybridized carbons (Fsp3) is 0.478. The van der Waals surface area contributed by atoms with Crippen LogP contribution in [0.15, 0.2) is 24.3 Å². The molecule has 1 atom stereocenters. The molecule has 1 saturated carbocycles. The average Bonchev–Trinajstić information content (AvgIpc) is 3.39. The monoisotopic (exact) mass is 458 g/mol. The molecule has 1 aliphatic carbocycles. The van der Waals surface area contributed by atoms with Gasteiger partial charge in [-0.3, -0.25) is 19.2 Å². The second-order valence-corrected chi connectivity index (χ2v) is 9.02. The first kappa shape index (κ1) is 22.3. The van der Waals surface area contributed by atoms with Crippen LogP contribution in [0.3, 0.4) is 0 Å². The van der Waals surface area contributed by atoms with Gasteiger partial charge in [-0.15, -0.1) is 0 Å². The van der Waals surface area contributed by atoms with Gasteiger partial charge in [-0.05, 0) is 51.3 Å². The van der Waals surface area contributed by atoms with Crippen molar-refractivity contribution in [2.45, 2.75) is 64.6 Å². The Bertz CT molecular complexity index is 1080. The van der Waals surface area contributed by atoms with Crippen molar-refractivity contribution < 1.29 is 19.1 Å². The van der Waals surface area contributed by atoms with Crippen LogP contribution in [0.25, 0.3) is 0 Å². The number of benzene rings is 1. The molecule has 2 aromatic rings. The van der Waals surface area contributed by atoms with Gasteiger partial charge in [-0.25, -0.2) is 4.79 Å². The molecular formula is C23H27ClN4O4. The lowest BCUT2D eigenvalue weighted by Crippen LogP contribution is -2.65. The quantitative estimate of drug-likeness (QED) is 0.692. The van der Waals surface area contributed by atoms with E-state index in [0.29, 0.717) is 10.7 Å². The summed E-state index contributed by atoms with van der Waals surface area (Å²) in [7, 11) is 0. The highest BCUT2D eigenvalue weighted by molar-refractivity contribution is 6.34. The molecule has 32 heavy (non-hydrogen) atoms. The summed E-state index contributed by atoms with van der Waals surface area (Å²) in [4.78, 5) is 40.9. The molecule has 0 unspecified atom stereocenters. The molecule has 2 amide bonds. The third-order valence-corrected chi connectivity index (χ3v) is 6.46. The number of anilines is 1. The maximum Gasteiger partial charge on any atom is 0.358 e. The molecule has 170 valence electrons. The smallest absolute Gasteiger partial charge is 0.358 e. The standard InChI is InChI=1S/C23H27ClN4O4/c1-4-32-21(30)17-12-19-20(29)28(18-10-9-14(2)11-16(18)24)23(3,13-27(19)26-17)22(31)25-15-7-5-6-8-15/h9-12,15H,4-8,13H2,1-3H3,(H,25,31)/t23-/m0/s1. The first-order chi connectivity index (χ1) is 15.2. The zero-order valence-electron chi connectivity index (χ0n) is 18.5. The molecule has 2 aliphatic rings. The van der Waals surface area contributed by atoms with Crippen molar-refractivity contribution in [3.05, 3.63) is 46.2 Å². The Balaban J connectivity index is 1.79. The Morgan fingerprint density at radius 1 is 1.28 bits per heavy atom. The molecule has 0 spiro atoms. The lowest BCUT2D eigenvalue weighted by molar-refractivity contribution is -0.127. The van der Waals surface area contributed by atoms with Crippen LogP contribution in [0.5, 0.6) is 0 Å². The van der Waals surface area contributed by atoms with Crippen LogP contribution in [0.1, 0.15) is 66.1 Å². The van der Waals surface area contributed by atoms with Crippen molar-refractivity contribution in [1.82, 2.24) is 15.1 Å². The fourth-order valence-electron chi connectivity index (χ4n) is 4.47. The first-order valence-corrected chi connectivity index (χ1v) is 11.3. The molecule has 0 radical (unpaired) electrons. The van der Waals surface area contributed by atoms with E-state index in [1.54, 1.807) is 26.0 Å². The van der Waals surface area contributed by atoms with Crippen LogP contribution < -0.4 is 10.2 Å². The van der Waals surface area contributed by atoms with Crippen LogP contribution >= 0.6 is 11.6 Å². The van der Waals surface area contributed by atoms with E-state index in [1.807, 2.05) is 13.0 Å². The predicted molar refractivity (Wildman–Crippen MR) is 120 cm³/mol. The predicted octanol–water partition coefficient (Wildman–Crippen LogP) is 3.50. The van der Waals surface area contributed by atoms with Gasteiger partial charge < -0.3 is 10.1 Å². The SMILES string of the molecule is CCOC(=O)c1cc2n(n1)C[C@@](C)(C(=O)NC1CCCC1)N(c1ccc(C)cc1Cl)C2=O. The highest BCUT2D eigenvalue weighted by Gasteiger charge is 2.50. The van der Waals surface area contributed by atoms with E-state index in [2.05, 4.69) is 10.4 Å². The summed E-state index contributed by atoms with van der Waals surface area (Å²) in [6.45, 7) is 5.59. The topological polar surface area (TPSA) is 93.5 Å². The van der Waals surface area contributed by atoms with E-state index in [-0.39, 0.29) is 36.5 Å². The zero-order chi connectivity index (χ0) is 23.0. The highest BCUT2D eigenvalue weighted by Crippen LogP contribution is 2.37. The molecule has 9 heteroatoms. The number of aryl methyl sites for hydroxylation is 1. The molecule has 0 bridgehead atoms. The van der Waals surface area contributed by atoms with Gasteiger partial charge in [0, 0.05) is 12.1 Å². The van der Waals surface area contributed by atoms with Gasteiger partial charge in [0.25, 0.3) is 5.91 Å². The van der Waals surface area contributed by atoms with E-state index < -0.39 is 17.4 Å². The second kappa shape index (κ2) is 8.58. The normalized spacial score (nSPS) is 20.9. The molecule has 4 rings (SSSR count). The minimum Gasteiger partial charge on any atom is -0.461 e. The van der Waals surface area contributed by atoms with Crippen molar-refractivity contribution in [3.8, 4) is 0 Å². The number of aromatic nitrogens is 2. The summed E-state index contributed by atoms with van der Waals surface area (Å²) >= 11 is 6.53. The van der Waals surface area contributed by atoms with E-state index >= 15 is 0 Å². The number of carbonyl (C=O) groups excluding carboxylic acids is 3. The summed E-state index contributed by atoms with van der Waals surface area (Å²) < 4.78 is 6.45. The van der Waals surface area contributed by atoms with Crippen molar-refractivity contribution in [2.24, 2.45) is 0 Å². The van der Waals surface area contributed by atoms with Crippen LogP contribution in [-0.4, -0.2) is 45.8 Å². The summed E-state index contributed by atoms with van der Waals surface area (Å²) in [6, 6.07) is 6.84. The van der Waals surface area contributed by atoms with E-state index in [4.69, 9.17) is 16.3 Å². The molecule has 1 aromatic carbocycles. The molecule has 0 saturated heterocycles. The first-order valence-electron chi connectivity index (χ1n) is 10.9. The van der Waals surface area contributed by atoms with Crippen LogP contribution in [0.2, 0.25) is 5.02 Å². The summed E-state index contributed by atoms with van der Waals surface area (Å²) in [5.41, 5.74) is 0.330. The summed E-state index contributed by atoms with van der Waals surface area (Å²) in [5, 5.41) is 7.76. The van der Waals surface area contributed by atoms with Crippen molar-refractivity contribution >= 4 is 35.1 Å². The second-order valence-electron chi connectivity index (χ2n) is 8.62. The fourth-order valence-corrected chi connectivity index (χ4v) is 4.79. The van der Waals surface area contributed by atoms with Crippen LogP contribution in [0, 0.1) is 6.92 Å². The Kier molecular flexibility index (Phi) is 5.99. The maximum atomic E-state index is 13.7. The molecule has 8 nitrogen and oxygen atoms in total. The lowest BCUT2D eigenvalue weighted by Gasteiger charge is -2.43. The number of rotatable bonds is 5. The number of halogens is 1. The number of esters is 1. The summed E-state index contributed by atoms with van der Waals surface area (Å²) in [5.74, 6) is -1.33. The van der Waals surface area contributed by atoms with Crippen molar-refractivity contribution in [3.63, 3.8) is 0 Å². The zero-order valence-corrected chi connectivity index (χ0v) is 19.2. The molecule has 1 aliphatic heterocycles. The van der Waals surface area contributed by atoms with Gasteiger partial charge >= 0.3 is 5.97 Å². The minimum absolute atomic E-state index is 0.0330. The molecule has 1 N–H and O–H groups in total. The van der Waals surface area contributed by atoms with Gasteiger partial charge in [0.2, 0.25) is 5.91 Å². The number of carbonyl (C=O) groups is 3. The molecule has 2 heterocycles. The van der Waals surface area contributed by atoms with Gasteiger partial charge in [0.05, 0.1) is 23.9 Å². The average molecular weight is 459 g/mol.